The molecule has 0 saturated heterocycles. The standard InChI is InChI=1S/C13H16ClF4N/c1-2-7-19-12(5-6-13(16,17)18)10-4-3-9(15)8-11(10)14/h3-4,8,12,19H,2,5-7H2,1H3. The van der Waals surface area contributed by atoms with Gasteiger partial charge in [0.2, 0.25) is 0 Å². The van der Waals surface area contributed by atoms with Crippen LogP contribution in [0, 0.1) is 5.82 Å². The SMILES string of the molecule is CCCNC(CCC(F)(F)F)c1ccc(F)cc1Cl. The van der Waals surface area contributed by atoms with Gasteiger partial charge in [-0.15, -0.1) is 0 Å². The van der Waals surface area contributed by atoms with Crippen molar-refractivity contribution < 1.29 is 17.6 Å². The highest BCUT2D eigenvalue weighted by atomic mass is 35.5. The highest BCUT2D eigenvalue weighted by molar-refractivity contribution is 6.31. The van der Waals surface area contributed by atoms with Crippen LogP contribution in [0.4, 0.5) is 17.6 Å². The van der Waals surface area contributed by atoms with E-state index in [4.69, 9.17) is 11.6 Å². The zero-order chi connectivity index (χ0) is 14.5. The zero-order valence-corrected chi connectivity index (χ0v) is 11.3. The van der Waals surface area contributed by atoms with E-state index in [9.17, 15) is 17.6 Å². The third-order valence-corrected chi connectivity index (χ3v) is 3.02. The molecular formula is C13H16ClF4N. The molecule has 1 aromatic rings. The second-order valence-corrected chi connectivity index (χ2v) is 4.73. The van der Waals surface area contributed by atoms with Crippen molar-refractivity contribution in [3.05, 3.63) is 34.6 Å². The molecule has 108 valence electrons. The lowest BCUT2D eigenvalue weighted by Gasteiger charge is -2.21. The van der Waals surface area contributed by atoms with Crippen molar-refractivity contribution >= 4 is 11.6 Å². The van der Waals surface area contributed by atoms with Gasteiger partial charge < -0.3 is 5.32 Å². The third kappa shape index (κ3) is 5.78. The number of hydrogen-bond donors (Lipinski definition) is 1. The van der Waals surface area contributed by atoms with Gasteiger partial charge in [0.25, 0.3) is 0 Å². The minimum atomic E-state index is -4.21. The van der Waals surface area contributed by atoms with Gasteiger partial charge in [-0.1, -0.05) is 24.6 Å². The average Bonchev–Trinajstić information content (AvgIpc) is 2.29. The molecule has 0 heterocycles. The first-order chi connectivity index (χ1) is 8.83. The molecule has 6 heteroatoms. The summed E-state index contributed by atoms with van der Waals surface area (Å²) in [6, 6.07) is 3.23. The molecule has 1 rings (SSSR count). The topological polar surface area (TPSA) is 12.0 Å². The van der Waals surface area contributed by atoms with Crippen molar-refractivity contribution in [2.45, 2.75) is 38.4 Å². The molecule has 0 radical (unpaired) electrons. The smallest absolute Gasteiger partial charge is 0.310 e. The summed E-state index contributed by atoms with van der Waals surface area (Å²) in [7, 11) is 0. The largest absolute Gasteiger partial charge is 0.389 e. The summed E-state index contributed by atoms with van der Waals surface area (Å²) in [5.41, 5.74) is 0.501. The van der Waals surface area contributed by atoms with Crippen molar-refractivity contribution in [3.8, 4) is 0 Å². The lowest BCUT2D eigenvalue weighted by atomic mass is 10.0. The Morgan fingerprint density at radius 3 is 2.53 bits per heavy atom. The van der Waals surface area contributed by atoms with Crippen molar-refractivity contribution in [2.24, 2.45) is 0 Å². The molecular weight excluding hydrogens is 282 g/mol. The minimum absolute atomic E-state index is 0.116. The highest BCUT2D eigenvalue weighted by Gasteiger charge is 2.29. The molecule has 0 fully saturated rings. The summed E-state index contributed by atoms with van der Waals surface area (Å²) >= 11 is 5.89. The molecule has 1 nitrogen and oxygen atoms in total. The van der Waals surface area contributed by atoms with Crippen LogP contribution in [0.3, 0.4) is 0 Å². The third-order valence-electron chi connectivity index (χ3n) is 2.70. The fraction of sp³-hybridized carbons (Fsp3) is 0.538. The van der Waals surface area contributed by atoms with Crippen LogP contribution in [0.5, 0.6) is 0 Å². The molecule has 0 aromatic heterocycles. The van der Waals surface area contributed by atoms with Crippen LogP contribution in [-0.4, -0.2) is 12.7 Å². The number of rotatable bonds is 6. The van der Waals surface area contributed by atoms with E-state index in [1.54, 1.807) is 0 Å². The highest BCUT2D eigenvalue weighted by Crippen LogP contribution is 2.31. The molecule has 0 bridgehead atoms. The van der Waals surface area contributed by atoms with E-state index in [2.05, 4.69) is 5.32 Å². The Kier molecular flexibility index (Phi) is 6.07. The number of alkyl halides is 3. The lowest BCUT2D eigenvalue weighted by molar-refractivity contribution is -0.136. The molecule has 1 N–H and O–H groups in total. The van der Waals surface area contributed by atoms with Gasteiger partial charge in [0.15, 0.2) is 0 Å². The van der Waals surface area contributed by atoms with E-state index in [0.717, 1.165) is 12.5 Å². The molecule has 1 aromatic carbocycles. The molecule has 1 unspecified atom stereocenters. The Morgan fingerprint density at radius 2 is 2.00 bits per heavy atom. The molecule has 19 heavy (non-hydrogen) atoms. The number of benzene rings is 1. The molecule has 0 saturated carbocycles. The average molecular weight is 298 g/mol. The predicted octanol–water partition coefficient (Wildman–Crippen LogP) is 4.86. The Bertz CT molecular complexity index is 406. The molecule has 1 atom stereocenters. The summed E-state index contributed by atoms with van der Waals surface area (Å²) < 4.78 is 49.8. The van der Waals surface area contributed by atoms with Gasteiger partial charge in [-0.05, 0) is 37.1 Å². The summed E-state index contributed by atoms with van der Waals surface area (Å²) in [4.78, 5) is 0. The molecule has 0 aliphatic rings. The van der Waals surface area contributed by atoms with E-state index in [1.807, 2.05) is 6.92 Å². The van der Waals surface area contributed by atoms with E-state index >= 15 is 0 Å². The maximum Gasteiger partial charge on any atom is 0.389 e. The Balaban J connectivity index is 2.83. The number of nitrogens with one attached hydrogen (secondary N) is 1. The minimum Gasteiger partial charge on any atom is -0.310 e. The van der Waals surface area contributed by atoms with Crippen LogP contribution >= 0.6 is 11.6 Å². The number of halogens is 5. The van der Waals surface area contributed by atoms with Gasteiger partial charge in [-0.2, -0.15) is 13.2 Å². The lowest BCUT2D eigenvalue weighted by Crippen LogP contribution is -2.24. The first-order valence-corrected chi connectivity index (χ1v) is 6.46. The maximum atomic E-state index is 13.0. The first-order valence-electron chi connectivity index (χ1n) is 6.08. The Morgan fingerprint density at radius 1 is 1.32 bits per heavy atom. The summed E-state index contributed by atoms with van der Waals surface area (Å²) in [5.74, 6) is -0.501. The molecule has 0 spiro atoms. The fourth-order valence-electron chi connectivity index (χ4n) is 1.78. The Hall–Kier alpha value is -0.810. The Labute approximate surface area is 115 Å². The second kappa shape index (κ2) is 7.10. The summed E-state index contributed by atoms with van der Waals surface area (Å²) in [6.07, 6.45) is -4.43. The van der Waals surface area contributed by atoms with Crippen LogP contribution in [0.25, 0.3) is 0 Å². The van der Waals surface area contributed by atoms with Gasteiger partial charge >= 0.3 is 6.18 Å². The van der Waals surface area contributed by atoms with Crippen molar-refractivity contribution in [1.82, 2.24) is 5.32 Å². The van der Waals surface area contributed by atoms with E-state index < -0.39 is 24.5 Å². The van der Waals surface area contributed by atoms with Gasteiger partial charge in [-0.3, -0.25) is 0 Å². The zero-order valence-electron chi connectivity index (χ0n) is 10.5. The maximum absolute atomic E-state index is 13.0. The van der Waals surface area contributed by atoms with Crippen LogP contribution in [-0.2, 0) is 0 Å². The van der Waals surface area contributed by atoms with E-state index in [1.165, 1.54) is 12.1 Å². The van der Waals surface area contributed by atoms with Crippen molar-refractivity contribution in [2.75, 3.05) is 6.54 Å². The van der Waals surface area contributed by atoms with Gasteiger partial charge in [0.1, 0.15) is 5.82 Å². The fourth-order valence-corrected chi connectivity index (χ4v) is 2.08. The van der Waals surface area contributed by atoms with Crippen LogP contribution < -0.4 is 5.32 Å². The molecule has 0 aliphatic heterocycles. The van der Waals surface area contributed by atoms with Crippen LogP contribution in [0.2, 0.25) is 5.02 Å². The predicted molar refractivity (Wildman–Crippen MR) is 67.7 cm³/mol. The quantitative estimate of drug-likeness (QED) is 0.739. The van der Waals surface area contributed by atoms with Crippen LogP contribution in [0.15, 0.2) is 18.2 Å². The van der Waals surface area contributed by atoms with Crippen molar-refractivity contribution in [1.29, 1.82) is 0 Å². The van der Waals surface area contributed by atoms with Crippen LogP contribution in [0.1, 0.15) is 37.8 Å². The summed E-state index contributed by atoms with van der Waals surface area (Å²) in [5, 5.41) is 3.16. The molecule has 0 aliphatic carbocycles. The van der Waals surface area contributed by atoms with Gasteiger partial charge in [-0.25, -0.2) is 4.39 Å². The first kappa shape index (κ1) is 16.2. The van der Waals surface area contributed by atoms with E-state index in [0.29, 0.717) is 12.1 Å². The van der Waals surface area contributed by atoms with E-state index in [-0.39, 0.29) is 11.4 Å². The van der Waals surface area contributed by atoms with Gasteiger partial charge in [0, 0.05) is 17.5 Å². The normalized spacial score (nSPS) is 13.6. The molecule has 0 amide bonds. The van der Waals surface area contributed by atoms with Crippen molar-refractivity contribution in [3.63, 3.8) is 0 Å². The van der Waals surface area contributed by atoms with Gasteiger partial charge in [0.05, 0.1) is 0 Å². The number of hydrogen-bond acceptors (Lipinski definition) is 1. The monoisotopic (exact) mass is 297 g/mol. The second-order valence-electron chi connectivity index (χ2n) is 4.33. The summed E-state index contributed by atoms with van der Waals surface area (Å²) in [6.45, 7) is 2.50.